The number of hydrogen-bond donors (Lipinski definition) is 2. The predicted molar refractivity (Wildman–Crippen MR) is 96.2 cm³/mol. The van der Waals surface area contributed by atoms with Gasteiger partial charge in [0.15, 0.2) is 0 Å². The molecule has 0 aromatic rings. The first kappa shape index (κ1) is 22.1. The molecule has 0 aromatic carbocycles. The molecular formula is C19H37NO3. The van der Waals surface area contributed by atoms with Crippen LogP contribution < -0.4 is 5.73 Å². The van der Waals surface area contributed by atoms with E-state index in [-0.39, 0.29) is 6.61 Å². The van der Waals surface area contributed by atoms with Crippen LogP contribution in [0.3, 0.4) is 0 Å². The Bertz CT molecular complexity index is 282. The van der Waals surface area contributed by atoms with E-state index in [0.717, 1.165) is 12.8 Å². The molecule has 0 aliphatic heterocycles. The van der Waals surface area contributed by atoms with E-state index >= 15 is 0 Å². The second-order valence-corrected chi connectivity index (χ2v) is 6.30. The number of carbonyl (C=O) groups is 1. The van der Waals surface area contributed by atoms with Crippen molar-refractivity contribution in [3.05, 3.63) is 12.2 Å². The van der Waals surface area contributed by atoms with Gasteiger partial charge in [-0.15, -0.1) is 0 Å². The molecule has 2 atom stereocenters. The molecule has 0 aromatic heterocycles. The van der Waals surface area contributed by atoms with Gasteiger partial charge in [0.1, 0.15) is 6.10 Å². The Labute approximate surface area is 142 Å². The Kier molecular flexibility index (Phi) is 16.8. The molecule has 0 radical (unpaired) electrons. The van der Waals surface area contributed by atoms with Crippen molar-refractivity contribution in [3.63, 3.8) is 0 Å². The maximum absolute atomic E-state index is 10.4. The van der Waals surface area contributed by atoms with Crippen LogP contribution in [0.5, 0.6) is 0 Å². The monoisotopic (exact) mass is 327 g/mol. The molecule has 4 nitrogen and oxygen atoms in total. The summed E-state index contributed by atoms with van der Waals surface area (Å²) in [5, 5.41) is 8.98. The van der Waals surface area contributed by atoms with E-state index < -0.39 is 12.1 Å². The van der Waals surface area contributed by atoms with E-state index in [4.69, 9.17) is 15.6 Å². The Morgan fingerprint density at radius 1 is 0.957 bits per heavy atom. The lowest BCUT2D eigenvalue weighted by Crippen LogP contribution is -2.38. The zero-order chi connectivity index (χ0) is 17.2. The third kappa shape index (κ3) is 14.5. The van der Waals surface area contributed by atoms with E-state index in [1.807, 2.05) is 6.08 Å². The number of aliphatic hydroxyl groups is 1. The summed E-state index contributed by atoms with van der Waals surface area (Å²) in [4.78, 5) is 10.4. The Balaban J connectivity index is 3.43. The largest absolute Gasteiger partial charge is 0.459 e. The van der Waals surface area contributed by atoms with Gasteiger partial charge >= 0.3 is 0 Å². The van der Waals surface area contributed by atoms with Crippen molar-refractivity contribution < 1.29 is 14.6 Å². The smallest absolute Gasteiger partial charge is 0.293 e. The van der Waals surface area contributed by atoms with Gasteiger partial charge in [0.2, 0.25) is 0 Å². The average molecular weight is 328 g/mol. The summed E-state index contributed by atoms with van der Waals surface area (Å²) in [5.41, 5.74) is 5.67. The topological polar surface area (TPSA) is 72.5 Å². The van der Waals surface area contributed by atoms with Crippen LogP contribution in [0.15, 0.2) is 12.2 Å². The molecule has 0 spiro atoms. The number of rotatable bonds is 17. The van der Waals surface area contributed by atoms with Crippen molar-refractivity contribution in [2.75, 3.05) is 6.61 Å². The fraction of sp³-hybridized carbons (Fsp3) is 0.842. The summed E-state index contributed by atoms with van der Waals surface area (Å²) < 4.78 is 4.85. The maximum Gasteiger partial charge on any atom is 0.293 e. The van der Waals surface area contributed by atoms with Gasteiger partial charge in [-0.2, -0.15) is 0 Å². The molecule has 0 bridgehead atoms. The van der Waals surface area contributed by atoms with Crippen LogP contribution in [0.25, 0.3) is 0 Å². The molecule has 0 heterocycles. The second-order valence-electron chi connectivity index (χ2n) is 6.30. The van der Waals surface area contributed by atoms with E-state index in [1.54, 1.807) is 6.08 Å². The number of nitrogens with two attached hydrogens (primary N) is 1. The van der Waals surface area contributed by atoms with Crippen molar-refractivity contribution in [2.24, 2.45) is 5.73 Å². The minimum atomic E-state index is -0.547. The number of ether oxygens (including phenoxy) is 1. The lowest BCUT2D eigenvalue weighted by Gasteiger charge is -2.16. The first-order chi connectivity index (χ1) is 11.3. The molecule has 3 N–H and O–H groups in total. The Hall–Kier alpha value is -0.870. The van der Waals surface area contributed by atoms with Crippen molar-refractivity contribution in [1.29, 1.82) is 0 Å². The van der Waals surface area contributed by atoms with Crippen molar-refractivity contribution in [3.8, 4) is 0 Å². The summed E-state index contributed by atoms with van der Waals surface area (Å²) >= 11 is 0. The molecular weight excluding hydrogens is 290 g/mol. The third-order valence-corrected chi connectivity index (χ3v) is 4.15. The van der Waals surface area contributed by atoms with Gasteiger partial charge in [0.05, 0.1) is 12.6 Å². The molecule has 0 fully saturated rings. The van der Waals surface area contributed by atoms with E-state index in [0.29, 0.717) is 6.47 Å². The second kappa shape index (κ2) is 17.5. The Morgan fingerprint density at radius 3 is 1.96 bits per heavy atom. The fourth-order valence-electron chi connectivity index (χ4n) is 2.61. The minimum Gasteiger partial charge on any atom is -0.459 e. The van der Waals surface area contributed by atoms with Crippen molar-refractivity contribution >= 4 is 6.47 Å². The van der Waals surface area contributed by atoms with Gasteiger partial charge in [0, 0.05) is 0 Å². The molecule has 0 saturated carbocycles. The summed E-state index contributed by atoms with van der Waals surface area (Å²) in [6, 6.07) is -0.547. The first-order valence-corrected chi connectivity index (χ1v) is 9.38. The maximum atomic E-state index is 10.4. The van der Waals surface area contributed by atoms with Gasteiger partial charge in [-0.3, -0.25) is 4.79 Å². The third-order valence-electron chi connectivity index (χ3n) is 4.15. The zero-order valence-corrected chi connectivity index (χ0v) is 14.9. The summed E-state index contributed by atoms with van der Waals surface area (Å²) in [6.45, 7) is 2.44. The normalized spacial score (nSPS) is 14.0. The SMILES string of the molecule is CCCCCCCCCCCCC/C=C/C(OC=O)C(N)CO. The zero-order valence-electron chi connectivity index (χ0n) is 14.9. The highest BCUT2D eigenvalue weighted by Gasteiger charge is 2.14. The fourth-order valence-corrected chi connectivity index (χ4v) is 2.61. The van der Waals surface area contributed by atoms with Crippen molar-refractivity contribution in [2.45, 2.75) is 96.1 Å². The number of hydrogen-bond acceptors (Lipinski definition) is 4. The molecule has 136 valence electrons. The van der Waals surface area contributed by atoms with Gasteiger partial charge < -0.3 is 15.6 Å². The molecule has 0 aliphatic rings. The van der Waals surface area contributed by atoms with Crippen LogP contribution in [0.1, 0.15) is 84.0 Å². The highest BCUT2D eigenvalue weighted by molar-refractivity contribution is 5.38. The number of allylic oxidation sites excluding steroid dienone is 1. The molecule has 0 saturated heterocycles. The van der Waals surface area contributed by atoms with Gasteiger partial charge in [0.25, 0.3) is 6.47 Å². The summed E-state index contributed by atoms with van der Waals surface area (Å²) in [6.07, 6.45) is 18.9. The quantitative estimate of drug-likeness (QED) is 0.240. The van der Waals surface area contributed by atoms with Gasteiger partial charge in [-0.25, -0.2) is 0 Å². The molecule has 23 heavy (non-hydrogen) atoms. The molecule has 2 unspecified atom stereocenters. The standard InChI is InChI=1S/C19H37NO3/c1-2-3-4-5-6-7-8-9-10-11-12-13-14-15-19(23-17-22)18(20)16-21/h14-15,17-19,21H,2-13,16,20H2,1H3/b15-14+. The van der Waals surface area contributed by atoms with Gasteiger partial charge in [-0.1, -0.05) is 77.2 Å². The van der Waals surface area contributed by atoms with Crippen LogP contribution in [-0.2, 0) is 9.53 Å². The van der Waals surface area contributed by atoms with E-state index in [2.05, 4.69) is 6.92 Å². The van der Waals surface area contributed by atoms with Crippen molar-refractivity contribution in [1.82, 2.24) is 0 Å². The Morgan fingerprint density at radius 2 is 1.48 bits per heavy atom. The van der Waals surface area contributed by atoms with E-state index in [1.165, 1.54) is 64.2 Å². The molecule has 4 heteroatoms. The van der Waals surface area contributed by atoms with Gasteiger partial charge in [-0.05, 0) is 18.9 Å². The lowest BCUT2D eigenvalue weighted by atomic mass is 10.0. The van der Waals surface area contributed by atoms with Crippen LogP contribution in [0.4, 0.5) is 0 Å². The summed E-state index contributed by atoms with van der Waals surface area (Å²) in [5.74, 6) is 0. The van der Waals surface area contributed by atoms with Crippen LogP contribution >= 0.6 is 0 Å². The number of unbranched alkanes of at least 4 members (excludes halogenated alkanes) is 11. The average Bonchev–Trinajstić information content (AvgIpc) is 2.57. The predicted octanol–water partition coefficient (Wildman–Crippen LogP) is 4.10. The highest BCUT2D eigenvalue weighted by atomic mass is 16.5. The minimum absolute atomic E-state index is 0.193. The summed E-state index contributed by atoms with van der Waals surface area (Å²) in [7, 11) is 0. The molecule has 0 aliphatic carbocycles. The van der Waals surface area contributed by atoms with Crippen LogP contribution in [-0.4, -0.2) is 30.3 Å². The molecule has 0 amide bonds. The number of aliphatic hydroxyl groups excluding tert-OH is 1. The van der Waals surface area contributed by atoms with E-state index in [9.17, 15) is 4.79 Å². The van der Waals surface area contributed by atoms with Crippen LogP contribution in [0, 0.1) is 0 Å². The highest BCUT2D eigenvalue weighted by Crippen LogP contribution is 2.12. The number of carbonyl (C=O) groups excluding carboxylic acids is 1. The van der Waals surface area contributed by atoms with Crippen LogP contribution in [0.2, 0.25) is 0 Å². The first-order valence-electron chi connectivity index (χ1n) is 9.38. The lowest BCUT2D eigenvalue weighted by molar-refractivity contribution is -0.132. The molecule has 0 rings (SSSR count).